The fourth-order valence-electron chi connectivity index (χ4n) is 4.01. The minimum atomic E-state index is -4.06. The van der Waals surface area contributed by atoms with E-state index in [1.807, 2.05) is 26.0 Å². The van der Waals surface area contributed by atoms with Crippen LogP contribution >= 0.6 is 23.2 Å². The van der Waals surface area contributed by atoms with Gasteiger partial charge in [-0.05, 0) is 68.7 Å². The number of hydrogen-bond acceptors (Lipinski definition) is 5. The summed E-state index contributed by atoms with van der Waals surface area (Å²) in [6.07, 6.45) is 1.45. The van der Waals surface area contributed by atoms with Gasteiger partial charge in [-0.2, -0.15) is 9.41 Å². The highest BCUT2D eigenvalue weighted by Crippen LogP contribution is 2.28. The fraction of sp³-hybridized carbons (Fsp3) is 0.259. The van der Waals surface area contributed by atoms with Crippen LogP contribution in [-0.4, -0.2) is 38.0 Å². The van der Waals surface area contributed by atoms with Gasteiger partial charge in [0.1, 0.15) is 5.75 Å². The molecule has 1 N–H and O–H groups in total. The first-order chi connectivity index (χ1) is 17.5. The highest BCUT2D eigenvalue weighted by Gasteiger charge is 2.30. The molecule has 7 nitrogen and oxygen atoms in total. The van der Waals surface area contributed by atoms with Gasteiger partial charge in [-0.3, -0.25) is 4.79 Å². The fourth-order valence-corrected chi connectivity index (χ4v) is 6.13. The molecule has 3 rings (SSSR count). The lowest BCUT2D eigenvalue weighted by molar-refractivity contribution is -0.121. The van der Waals surface area contributed by atoms with Crippen LogP contribution in [0.25, 0.3) is 0 Å². The Morgan fingerprint density at radius 2 is 1.70 bits per heavy atom. The highest BCUT2D eigenvalue weighted by molar-refractivity contribution is 7.89. The molecule has 196 valence electrons. The normalized spacial score (nSPS) is 11.8. The van der Waals surface area contributed by atoms with Crippen LogP contribution in [0.15, 0.2) is 64.6 Å². The van der Waals surface area contributed by atoms with E-state index in [0.29, 0.717) is 44.7 Å². The van der Waals surface area contributed by atoms with Crippen molar-refractivity contribution >= 4 is 45.3 Å². The van der Waals surface area contributed by atoms with Crippen molar-refractivity contribution in [1.82, 2.24) is 9.73 Å². The first kappa shape index (κ1) is 28.7. The largest absolute Gasteiger partial charge is 0.493 e. The van der Waals surface area contributed by atoms with Crippen LogP contribution in [-0.2, 0) is 21.4 Å². The van der Waals surface area contributed by atoms with E-state index in [2.05, 4.69) is 10.5 Å². The number of hydrazone groups is 1. The number of amides is 1. The van der Waals surface area contributed by atoms with Crippen molar-refractivity contribution in [3.05, 3.63) is 92.5 Å². The average Bonchev–Trinajstić information content (AvgIpc) is 2.81. The number of para-hydroxylation sites is 1. The molecular formula is C27H29Cl2N3O4S. The number of halogens is 2. The van der Waals surface area contributed by atoms with Crippen LogP contribution in [0.5, 0.6) is 5.75 Å². The summed E-state index contributed by atoms with van der Waals surface area (Å²) in [5.41, 5.74) is 5.83. The molecule has 0 aliphatic carbocycles. The van der Waals surface area contributed by atoms with E-state index in [0.717, 1.165) is 9.87 Å². The van der Waals surface area contributed by atoms with Gasteiger partial charge < -0.3 is 4.74 Å². The van der Waals surface area contributed by atoms with Crippen LogP contribution in [0.2, 0.25) is 10.0 Å². The molecule has 3 aromatic carbocycles. The van der Waals surface area contributed by atoms with Crippen molar-refractivity contribution in [1.29, 1.82) is 0 Å². The van der Waals surface area contributed by atoms with Crippen LogP contribution in [0.1, 0.15) is 34.7 Å². The van der Waals surface area contributed by atoms with Crippen molar-refractivity contribution in [2.24, 2.45) is 5.10 Å². The molecule has 0 saturated carbocycles. The summed E-state index contributed by atoms with van der Waals surface area (Å²) in [6, 6.07) is 15.7. The molecule has 0 radical (unpaired) electrons. The van der Waals surface area contributed by atoms with Crippen molar-refractivity contribution in [3.8, 4) is 5.75 Å². The predicted molar refractivity (Wildman–Crippen MR) is 148 cm³/mol. The Labute approximate surface area is 228 Å². The number of carbonyl (C=O) groups excluding carboxylic acids is 1. The zero-order valence-electron chi connectivity index (χ0n) is 21.1. The van der Waals surface area contributed by atoms with E-state index in [1.165, 1.54) is 6.21 Å². The maximum absolute atomic E-state index is 13.8. The SMILES string of the molecule is CCOc1ccccc1/C=N/NC(=O)CN(Cc1ccc(Cl)c(Cl)c1)S(=O)(=O)c1c(C)cc(C)cc1C. The Bertz CT molecular complexity index is 1400. The number of benzene rings is 3. The first-order valence-corrected chi connectivity index (χ1v) is 13.8. The lowest BCUT2D eigenvalue weighted by Crippen LogP contribution is -2.39. The summed E-state index contributed by atoms with van der Waals surface area (Å²) >= 11 is 12.2. The second-order valence-corrected chi connectivity index (χ2v) is 11.2. The van der Waals surface area contributed by atoms with Crippen molar-refractivity contribution in [2.45, 2.75) is 39.1 Å². The van der Waals surface area contributed by atoms with Gasteiger partial charge in [0, 0.05) is 12.1 Å². The molecule has 1 amide bonds. The van der Waals surface area contributed by atoms with Crippen molar-refractivity contribution in [2.75, 3.05) is 13.2 Å². The van der Waals surface area contributed by atoms with Crippen molar-refractivity contribution in [3.63, 3.8) is 0 Å². The molecule has 0 atom stereocenters. The van der Waals surface area contributed by atoms with Crippen LogP contribution in [0.4, 0.5) is 0 Å². The average molecular weight is 563 g/mol. The summed E-state index contributed by atoms with van der Waals surface area (Å²) in [7, 11) is -4.06. The van der Waals surface area contributed by atoms with Crippen molar-refractivity contribution < 1.29 is 17.9 Å². The molecule has 0 aliphatic heterocycles. The first-order valence-electron chi connectivity index (χ1n) is 11.6. The molecule has 10 heteroatoms. The molecule has 37 heavy (non-hydrogen) atoms. The molecular weight excluding hydrogens is 533 g/mol. The smallest absolute Gasteiger partial charge is 0.255 e. The van der Waals surface area contributed by atoms with Gasteiger partial charge in [-0.1, -0.05) is 59.1 Å². The minimum absolute atomic E-state index is 0.0870. The second kappa shape index (κ2) is 12.6. The lowest BCUT2D eigenvalue weighted by atomic mass is 10.1. The van der Waals surface area contributed by atoms with Gasteiger partial charge >= 0.3 is 0 Å². The molecule has 0 aromatic heterocycles. The molecule has 0 heterocycles. The number of nitrogens with one attached hydrogen (secondary N) is 1. The third-order valence-electron chi connectivity index (χ3n) is 5.48. The van der Waals surface area contributed by atoms with Gasteiger partial charge in [-0.25, -0.2) is 13.8 Å². The van der Waals surface area contributed by atoms with E-state index in [4.69, 9.17) is 27.9 Å². The number of sulfonamides is 1. The Morgan fingerprint density at radius 1 is 1.03 bits per heavy atom. The van der Waals surface area contributed by atoms with E-state index >= 15 is 0 Å². The summed E-state index contributed by atoms with van der Waals surface area (Å²) < 4.78 is 34.3. The Kier molecular flexibility index (Phi) is 9.73. The number of nitrogens with zero attached hydrogens (tertiary/aromatic N) is 2. The Hall–Kier alpha value is -2.91. The zero-order valence-corrected chi connectivity index (χ0v) is 23.4. The number of ether oxygens (including phenoxy) is 1. The van der Waals surface area contributed by atoms with Gasteiger partial charge in [0.15, 0.2) is 0 Å². The van der Waals surface area contributed by atoms with E-state index < -0.39 is 22.5 Å². The third kappa shape index (κ3) is 7.32. The minimum Gasteiger partial charge on any atom is -0.493 e. The summed E-state index contributed by atoms with van der Waals surface area (Å²) in [6.45, 7) is 7.19. The maximum Gasteiger partial charge on any atom is 0.255 e. The van der Waals surface area contributed by atoms with E-state index in [-0.39, 0.29) is 11.4 Å². The maximum atomic E-state index is 13.8. The molecule has 0 spiro atoms. The molecule has 0 fully saturated rings. The second-order valence-electron chi connectivity index (χ2n) is 8.51. The zero-order chi connectivity index (χ0) is 27.2. The Morgan fingerprint density at radius 3 is 2.35 bits per heavy atom. The lowest BCUT2D eigenvalue weighted by Gasteiger charge is -2.24. The summed E-state index contributed by atoms with van der Waals surface area (Å²) in [5.74, 6) is 0.0216. The molecule has 3 aromatic rings. The predicted octanol–water partition coefficient (Wildman–Crippen LogP) is 5.66. The Balaban J connectivity index is 1.89. The van der Waals surface area contributed by atoms with Gasteiger partial charge in [-0.15, -0.1) is 0 Å². The van der Waals surface area contributed by atoms with Crippen LogP contribution in [0, 0.1) is 20.8 Å². The van der Waals surface area contributed by atoms with Gasteiger partial charge in [0.25, 0.3) is 5.91 Å². The van der Waals surface area contributed by atoms with E-state index in [1.54, 1.807) is 56.3 Å². The topological polar surface area (TPSA) is 88.1 Å². The molecule has 0 saturated heterocycles. The number of rotatable bonds is 10. The quantitative estimate of drug-likeness (QED) is 0.255. The standard InChI is InChI=1S/C27H29Cl2N3O4S/c1-5-36-25-9-7-6-8-22(25)15-30-31-26(33)17-32(16-21-10-11-23(28)24(29)14-21)37(34,35)27-19(3)12-18(2)13-20(27)4/h6-15H,5,16-17H2,1-4H3,(H,31,33)/b30-15+. The van der Waals surface area contributed by atoms with Crippen LogP contribution in [0.3, 0.4) is 0 Å². The molecule has 0 bridgehead atoms. The molecule has 0 aliphatic rings. The number of carbonyl (C=O) groups is 1. The monoisotopic (exact) mass is 561 g/mol. The summed E-state index contributed by atoms with van der Waals surface area (Å²) in [4.78, 5) is 13.0. The van der Waals surface area contributed by atoms with Gasteiger partial charge in [0.2, 0.25) is 10.0 Å². The number of aryl methyl sites for hydroxylation is 3. The molecule has 0 unspecified atom stereocenters. The van der Waals surface area contributed by atoms with Gasteiger partial charge in [0.05, 0.1) is 34.3 Å². The summed E-state index contributed by atoms with van der Waals surface area (Å²) in [5, 5.41) is 4.65. The van der Waals surface area contributed by atoms with E-state index in [9.17, 15) is 13.2 Å². The van der Waals surface area contributed by atoms with Crippen LogP contribution < -0.4 is 10.2 Å². The highest BCUT2D eigenvalue weighted by atomic mass is 35.5. The third-order valence-corrected chi connectivity index (χ3v) is 8.31. The number of hydrogen-bond donors (Lipinski definition) is 1.